The molecule has 0 N–H and O–H groups in total. The summed E-state index contributed by atoms with van der Waals surface area (Å²) >= 11 is 3.58. The molecule has 0 aliphatic heterocycles. The van der Waals surface area contributed by atoms with E-state index in [2.05, 4.69) is 121 Å². The first-order valence-electron chi connectivity index (χ1n) is 14.6. The number of halogens is 1. The smallest absolute Gasteiger partial charge is 0.119 e. The summed E-state index contributed by atoms with van der Waals surface area (Å²) in [6, 6.07) is 25.4. The minimum absolute atomic E-state index is 0.619. The second-order valence-corrected chi connectivity index (χ2v) is 11.2. The van der Waals surface area contributed by atoms with Crippen molar-refractivity contribution >= 4 is 33.0 Å². The molecule has 0 fully saturated rings. The Morgan fingerprint density at radius 1 is 0.579 bits per heavy atom. The Labute approximate surface area is 239 Å². The summed E-state index contributed by atoms with van der Waals surface area (Å²) in [4.78, 5) is 2.27. The SMILES string of the molecule is CCCC[C@H](CC)COc1ccc(N(c2ccc(Br)cc2)c2ccc(OC[C@@H](CC)CCCC)cc2)cc1. The number of unbranched alkanes of at least 4 members (excludes halogenated alkanes) is 2. The molecule has 206 valence electrons. The topological polar surface area (TPSA) is 21.7 Å². The lowest BCUT2D eigenvalue weighted by atomic mass is 10.0. The molecule has 0 saturated carbocycles. The molecule has 0 spiro atoms. The van der Waals surface area contributed by atoms with Crippen LogP contribution >= 0.6 is 15.9 Å². The van der Waals surface area contributed by atoms with Crippen LogP contribution in [0.4, 0.5) is 17.1 Å². The van der Waals surface area contributed by atoms with Crippen LogP contribution in [-0.4, -0.2) is 13.2 Å². The van der Waals surface area contributed by atoms with Gasteiger partial charge in [-0.3, -0.25) is 0 Å². The van der Waals surface area contributed by atoms with Gasteiger partial charge in [0.25, 0.3) is 0 Å². The van der Waals surface area contributed by atoms with Gasteiger partial charge in [-0.2, -0.15) is 0 Å². The average molecular weight is 581 g/mol. The summed E-state index contributed by atoms with van der Waals surface area (Å²) in [7, 11) is 0. The Morgan fingerprint density at radius 2 is 0.947 bits per heavy atom. The fourth-order valence-corrected chi connectivity index (χ4v) is 4.91. The van der Waals surface area contributed by atoms with Gasteiger partial charge in [0.1, 0.15) is 11.5 Å². The van der Waals surface area contributed by atoms with E-state index in [4.69, 9.17) is 9.47 Å². The van der Waals surface area contributed by atoms with Crippen molar-refractivity contribution in [2.24, 2.45) is 11.8 Å². The lowest BCUT2D eigenvalue weighted by Crippen LogP contribution is -2.12. The minimum atomic E-state index is 0.619. The monoisotopic (exact) mass is 579 g/mol. The Bertz CT molecular complexity index is 970. The van der Waals surface area contributed by atoms with Crippen LogP contribution < -0.4 is 14.4 Å². The Hall–Kier alpha value is -2.46. The van der Waals surface area contributed by atoms with Gasteiger partial charge in [0, 0.05) is 21.5 Å². The van der Waals surface area contributed by atoms with Crippen molar-refractivity contribution in [2.45, 2.75) is 79.1 Å². The molecule has 0 aromatic heterocycles. The highest BCUT2D eigenvalue weighted by atomic mass is 79.9. The molecule has 0 saturated heterocycles. The first kappa shape index (κ1) is 30.1. The van der Waals surface area contributed by atoms with Crippen LogP contribution in [0.15, 0.2) is 77.3 Å². The van der Waals surface area contributed by atoms with Crippen LogP contribution in [-0.2, 0) is 0 Å². The largest absolute Gasteiger partial charge is 0.493 e. The number of ether oxygens (including phenoxy) is 2. The predicted molar refractivity (Wildman–Crippen MR) is 166 cm³/mol. The maximum Gasteiger partial charge on any atom is 0.119 e. The van der Waals surface area contributed by atoms with Crippen molar-refractivity contribution in [1.82, 2.24) is 0 Å². The number of benzene rings is 3. The van der Waals surface area contributed by atoms with E-state index in [-0.39, 0.29) is 0 Å². The molecule has 38 heavy (non-hydrogen) atoms. The zero-order valence-corrected chi connectivity index (χ0v) is 25.4. The van der Waals surface area contributed by atoms with E-state index in [1.807, 2.05) is 0 Å². The van der Waals surface area contributed by atoms with Gasteiger partial charge < -0.3 is 14.4 Å². The third kappa shape index (κ3) is 9.38. The fourth-order valence-electron chi connectivity index (χ4n) is 4.64. The molecular formula is C34H46BrNO2. The third-order valence-electron chi connectivity index (χ3n) is 7.33. The summed E-state index contributed by atoms with van der Waals surface area (Å²) in [5, 5.41) is 0. The molecule has 2 atom stereocenters. The normalized spacial score (nSPS) is 12.7. The molecule has 0 aliphatic rings. The van der Waals surface area contributed by atoms with E-state index >= 15 is 0 Å². The van der Waals surface area contributed by atoms with Crippen LogP contribution in [0, 0.1) is 11.8 Å². The summed E-state index contributed by atoms with van der Waals surface area (Å²) in [6.07, 6.45) is 9.81. The van der Waals surface area contributed by atoms with E-state index < -0.39 is 0 Å². The van der Waals surface area contributed by atoms with Gasteiger partial charge in [0.2, 0.25) is 0 Å². The second kappa shape index (κ2) is 16.5. The average Bonchev–Trinajstić information content (AvgIpc) is 2.96. The van der Waals surface area contributed by atoms with Crippen molar-refractivity contribution in [3.63, 3.8) is 0 Å². The highest BCUT2D eigenvalue weighted by molar-refractivity contribution is 9.10. The highest BCUT2D eigenvalue weighted by Gasteiger charge is 2.14. The van der Waals surface area contributed by atoms with Crippen LogP contribution in [0.5, 0.6) is 11.5 Å². The van der Waals surface area contributed by atoms with Gasteiger partial charge >= 0.3 is 0 Å². The molecule has 3 aromatic rings. The molecular weight excluding hydrogens is 534 g/mol. The van der Waals surface area contributed by atoms with Crippen molar-refractivity contribution in [1.29, 1.82) is 0 Å². The third-order valence-corrected chi connectivity index (χ3v) is 7.86. The molecule has 0 bridgehead atoms. The van der Waals surface area contributed by atoms with Gasteiger partial charge in [-0.15, -0.1) is 0 Å². The molecule has 0 radical (unpaired) electrons. The summed E-state index contributed by atoms with van der Waals surface area (Å²) < 4.78 is 13.4. The number of nitrogens with zero attached hydrogens (tertiary/aromatic N) is 1. The van der Waals surface area contributed by atoms with Gasteiger partial charge in [0.15, 0.2) is 0 Å². The Morgan fingerprint density at radius 3 is 1.29 bits per heavy atom. The Balaban J connectivity index is 1.75. The number of hydrogen-bond acceptors (Lipinski definition) is 3. The molecule has 0 amide bonds. The van der Waals surface area contributed by atoms with E-state index in [1.165, 1.54) is 38.5 Å². The molecule has 3 nitrogen and oxygen atoms in total. The fraction of sp³-hybridized carbons (Fsp3) is 0.471. The molecule has 0 heterocycles. The molecule has 0 unspecified atom stereocenters. The van der Waals surface area contributed by atoms with Crippen LogP contribution in [0.2, 0.25) is 0 Å². The summed E-state index contributed by atoms with van der Waals surface area (Å²) in [5.74, 6) is 3.09. The standard InChI is InChI=1S/C34H46BrNO2/c1-5-9-11-27(7-3)25-37-33-21-17-31(18-22-33)36(30-15-13-29(35)14-16-30)32-19-23-34(24-20-32)38-26-28(8-4)12-10-6-2/h13-24,27-28H,5-12,25-26H2,1-4H3/t27-,28-/m0/s1. The molecule has 4 heteroatoms. The maximum absolute atomic E-state index is 6.17. The number of anilines is 3. The lowest BCUT2D eigenvalue weighted by molar-refractivity contribution is 0.233. The number of rotatable bonds is 17. The first-order chi connectivity index (χ1) is 18.6. The van der Waals surface area contributed by atoms with Crippen molar-refractivity contribution < 1.29 is 9.47 Å². The van der Waals surface area contributed by atoms with E-state index in [9.17, 15) is 0 Å². The van der Waals surface area contributed by atoms with Crippen LogP contribution in [0.3, 0.4) is 0 Å². The molecule has 3 aromatic carbocycles. The summed E-state index contributed by atoms with van der Waals surface area (Å²) in [6.45, 7) is 10.6. The van der Waals surface area contributed by atoms with Gasteiger partial charge in [-0.05, 0) is 97.5 Å². The molecule has 3 rings (SSSR count). The molecule has 0 aliphatic carbocycles. The quantitative estimate of drug-likeness (QED) is 0.159. The second-order valence-electron chi connectivity index (χ2n) is 10.3. The zero-order valence-electron chi connectivity index (χ0n) is 23.8. The van der Waals surface area contributed by atoms with E-state index in [0.29, 0.717) is 11.8 Å². The summed E-state index contributed by atoms with van der Waals surface area (Å²) in [5.41, 5.74) is 3.29. The van der Waals surface area contributed by atoms with Gasteiger partial charge in [-0.25, -0.2) is 0 Å². The predicted octanol–water partition coefficient (Wildman–Crippen LogP) is 11.1. The van der Waals surface area contributed by atoms with Crippen molar-refractivity contribution in [3.8, 4) is 11.5 Å². The Kier molecular flexibility index (Phi) is 13.1. The zero-order chi connectivity index (χ0) is 27.2. The van der Waals surface area contributed by atoms with E-state index in [1.54, 1.807) is 0 Å². The van der Waals surface area contributed by atoms with Crippen molar-refractivity contribution in [2.75, 3.05) is 18.1 Å². The van der Waals surface area contributed by atoms with Gasteiger partial charge in [-0.1, -0.05) is 82.1 Å². The first-order valence-corrected chi connectivity index (χ1v) is 15.4. The minimum Gasteiger partial charge on any atom is -0.493 e. The van der Waals surface area contributed by atoms with Crippen molar-refractivity contribution in [3.05, 3.63) is 77.3 Å². The number of hydrogen-bond donors (Lipinski definition) is 0. The lowest BCUT2D eigenvalue weighted by Gasteiger charge is -2.26. The van der Waals surface area contributed by atoms with Crippen LogP contribution in [0.25, 0.3) is 0 Å². The van der Waals surface area contributed by atoms with E-state index in [0.717, 1.165) is 59.1 Å². The van der Waals surface area contributed by atoms with Crippen LogP contribution in [0.1, 0.15) is 79.1 Å². The highest BCUT2D eigenvalue weighted by Crippen LogP contribution is 2.36. The van der Waals surface area contributed by atoms with Gasteiger partial charge in [0.05, 0.1) is 13.2 Å². The maximum atomic E-state index is 6.17.